The monoisotopic (exact) mass is 316 g/mol. The van der Waals surface area contributed by atoms with E-state index in [9.17, 15) is 9.18 Å². The second kappa shape index (κ2) is 6.94. The van der Waals surface area contributed by atoms with Gasteiger partial charge in [-0.25, -0.2) is 9.37 Å². The van der Waals surface area contributed by atoms with Crippen LogP contribution in [-0.2, 0) is 11.2 Å². The molecule has 0 aliphatic heterocycles. The minimum absolute atomic E-state index is 0.103. The van der Waals surface area contributed by atoms with Gasteiger partial charge in [0.25, 0.3) is 0 Å². The van der Waals surface area contributed by atoms with Crippen LogP contribution >= 0.6 is 0 Å². The number of amides is 1. The quantitative estimate of drug-likeness (QED) is 0.849. The van der Waals surface area contributed by atoms with Gasteiger partial charge in [0.1, 0.15) is 12.1 Å². The lowest BCUT2D eigenvalue weighted by Gasteiger charge is -2.09. The Morgan fingerprint density at radius 1 is 1.39 bits per heavy atom. The molecule has 23 heavy (non-hydrogen) atoms. The molecule has 1 N–H and O–H groups in total. The summed E-state index contributed by atoms with van der Waals surface area (Å²) in [5.74, 6) is 1.51. The van der Waals surface area contributed by atoms with Gasteiger partial charge in [-0.15, -0.1) is 0 Å². The molecule has 0 radical (unpaired) electrons. The minimum atomic E-state index is -0.288. The molecule has 4 nitrogen and oxygen atoms in total. The van der Waals surface area contributed by atoms with Crippen LogP contribution in [0.15, 0.2) is 34.9 Å². The topological polar surface area (TPSA) is 55.1 Å². The van der Waals surface area contributed by atoms with Crippen molar-refractivity contribution in [1.82, 2.24) is 10.3 Å². The smallest absolute Gasteiger partial charge is 0.226 e. The molecule has 2 aromatic rings. The van der Waals surface area contributed by atoms with Gasteiger partial charge in [-0.1, -0.05) is 6.92 Å². The van der Waals surface area contributed by atoms with Crippen molar-refractivity contribution in [3.05, 3.63) is 42.0 Å². The highest BCUT2D eigenvalue weighted by atomic mass is 19.1. The van der Waals surface area contributed by atoms with Gasteiger partial charge < -0.3 is 9.73 Å². The summed E-state index contributed by atoms with van der Waals surface area (Å²) < 4.78 is 18.3. The zero-order chi connectivity index (χ0) is 16.2. The summed E-state index contributed by atoms with van der Waals surface area (Å²) in [6.45, 7) is 2.69. The Hall–Kier alpha value is -2.17. The van der Waals surface area contributed by atoms with Gasteiger partial charge in [0.05, 0.1) is 5.69 Å². The molecule has 1 aliphatic rings. The average molecular weight is 316 g/mol. The Morgan fingerprint density at radius 2 is 2.13 bits per heavy atom. The van der Waals surface area contributed by atoms with E-state index in [1.54, 1.807) is 18.4 Å². The molecule has 1 aromatic carbocycles. The SMILES string of the molecule is CC(CC(=O)NCCc1coc(-c2ccc(F)cc2)n1)C1CC1. The molecule has 0 bridgehead atoms. The summed E-state index contributed by atoms with van der Waals surface area (Å²) in [6, 6.07) is 6.01. The Bertz CT molecular complexity index is 662. The number of halogens is 1. The van der Waals surface area contributed by atoms with Crippen molar-refractivity contribution in [2.45, 2.75) is 32.6 Å². The first-order valence-electron chi connectivity index (χ1n) is 8.09. The fourth-order valence-corrected chi connectivity index (χ4v) is 2.67. The summed E-state index contributed by atoms with van der Waals surface area (Å²) in [4.78, 5) is 16.2. The average Bonchev–Trinajstić information content (AvgIpc) is 3.28. The number of rotatable bonds is 7. The maximum Gasteiger partial charge on any atom is 0.226 e. The molecule has 5 heteroatoms. The summed E-state index contributed by atoms with van der Waals surface area (Å²) >= 11 is 0. The van der Waals surface area contributed by atoms with Crippen LogP contribution in [0, 0.1) is 17.7 Å². The maximum absolute atomic E-state index is 12.9. The van der Waals surface area contributed by atoms with Gasteiger partial charge in [0, 0.05) is 24.9 Å². The Morgan fingerprint density at radius 3 is 2.83 bits per heavy atom. The van der Waals surface area contributed by atoms with Crippen LogP contribution in [0.2, 0.25) is 0 Å². The molecular weight excluding hydrogens is 295 g/mol. The third-order valence-corrected chi connectivity index (χ3v) is 4.28. The predicted octanol–water partition coefficient (Wildman–Crippen LogP) is 3.58. The molecule has 1 atom stereocenters. The zero-order valence-electron chi connectivity index (χ0n) is 13.2. The minimum Gasteiger partial charge on any atom is -0.444 e. The number of carbonyl (C=O) groups is 1. The second-order valence-corrected chi connectivity index (χ2v) is 6.27. The highest BCUT2D eigenvalue weighted by Crippen LogP contribution is 2.37. The molecule has 3 rings (SSSR count). The standard InChI is InChI=1S/C18H21FN2O2/c1-12(13-2-3-13)10-17(22)20-9-8-16-11-23-18(21-16)14-4-6-15(19)7-5-14/h4-7,11-13H,2-3,8-10H2,1H3,(H,20,22). The lowest BCUT2D eigenvalue weighted by molar-refractivity contribution is -0.122. The number of hydrogen-bond acceptors (Lipinski definition) is 3. The van der Waals surface area contributed by atoms with E-state index >= 15 is 0 Å². The lowest BCUT2D eigenvalue weighted by atomic mass is 10.0. The highest BCUT2D eigenvalue weighted by Gasteiger charge is 2.29. The van der Waals surface area contributed by atoms with E-state index in [1.807, 2.05) is 0 Å². The van der Waals surface area contributed by atoms with E-state index in [4.69, 9.17) is 4.42 Å². The van der Waals surface area contributed by atoms with Gasteiger partial charge in [-0.2, -0.15) is 0 Å². The molecule has 1 saturated carbocycles. The molecule has 1 amide bonds. The number of nitrogens with one attached hydrogen (secondary N) is 1. The van der Waals surface area contributed by atoms with Crippen LogP contribution in [0.25, 0.3) is 11.5 Å². The van der Waals surface area contributed by atoms with Gasteiger partial charge in [0.2, 0.25) is 11.8 Å². The van der Waals surface area contributed by atoms with Crippen LogP contribution < -0.4 is 5.32 Å². The van der Waals surface area contributed by atoms with Crippen LogP contribution in [-0.4, -0.2) is 17.4 Å². The highest BCUT2D eigenvalue weighted by molar-refractivity contribution is 5.76. The molecular formula is C18H21FN2O2. The summed E-state index contributed by atoms with van der Waals surface area (Å²) in [6.07, 6.45) is 5.33. The maximum atomic E-state index is 12.9. The van der Waals surface area contributed by atoms with Crippen molar-refractivity contribution in [3.8, 4) is 11.5 Å². The van der Waals surface area contributed by atoms with Crippen molar-refractivity contribution >= 4 is 5.91 Å². The van der Waals surface area contributed by atoms with E-state index in [2.05, 4.69) is 17.2 Å². The predicted molar refractivity (Wildman–Crippen MR) is 85.1 cm³/mol. The molecule has 0 saturated heterocycles. The number of carbonyl (C=O) groups excluding carboxylic acids is 1. The lowest BCUT2D eigenvalue weighted by Crippen LogP contribution is -2.27. The van der Waals surface area contributed by atoms with Gasteiger partial charge in [0.15, 0.2) is 0 Å². The van der Waals surface area contributed by atoms with Crippen molar-refractivity contribution in [3.63, 3.8) is 0 Å². The number of aromatic nitrogens is 1. The molecule has 0 spiro atoms. The molecule has 1 unspecified atom stereocenters. The molecule has 122 valence electrons. The molecule has 1 aliphatic carbocycles. The normalized spacial score (nSPS) is 15.4. The van der Waals surface area contributed by atoms with E-state index < -0.39 is 0 Å². The van der Waals surface area contributed by atoms with E-state index in [0.717, 1.165) is 17.2 Å². The van der Waals surface area contributed by atoms with Crippen LogP contribution in [0.1, 0.15) is 31.9 Å². The summed E-state index contributed by atoms with van der Waals surface area (Å²) in [7, 11) is 0. The summed E-state index contributed by atoms with van der Waals surface area (Å²) in [5.41, 5.74) is 1.51. The molecule has 1 heterocycles. The van der Waals surface area contributed by atoms with E-state index in [0.29, 0.717) is 31.2 Å². The van der Waals surface area contributed by atoms with E-state index in [1.165, 1.54) is 25.0 Å². The molecule has 1 fully saturated rings. The largest absolute Gasteiger partial charge is 0.444 e. The molecule has 1 aromatic heterocycles. The van der Waals surface area contributed by atoms with Crippen molar-refractivity contribution in [1.29, 1.82) is 0 Å². The van der Waals surface area contributed by atoms with Crippen molar-refractivity contribution in [2.24, 2.45) is 11.8 Å². The Kier molecular flexibility index (Phi) is 4.74. The van der Waals surface area contributed by atoms with Crippen LogP contribution in [0.4, 0.5) is 4.39 Å². The van der Waals surface area contributed by atoms with Crippen LogP contribution in [0.3, 0.4) is 0 Å². The fourth-order valence-electron chi connectivity index (χ4n) is 2.67. The third-order valence-electron chi connectivity index (χ3n) is 4.28. The Balaban J connectivity index is 1.45. The third kappa shape index (κ3) is 4.41. The number of nitrogens with zero attached hydrogens (tertiary/aromatic N) is 1. The summed E-state index contributed by atoms with van der Waals surface area (Å²) in [5, 5.41) is 2.93. The zero-order valence-corrected chi connectivity index (χ0v) is 13.2. The first-order valence-corrected chi connectivity index (χ1v) is 8.09. The Labute approximate surface area is 135 Å². The van der Waals surface area contributed by atoms with Gasteiger partial charge in [-0.3, -0.25) is 4.79 Å². The fraction of sp³-hybridized carbons (Fsp3) is 0.444. The van der Waals surface area contributed by atoms with Crippen molar-refractivity contribution in [2.75, 3.05) is 6.54 Å². The first kappa shape index (κ1) is 15.7. The van der Waals surface area contributed by atoms with Crippen LogP contribution in [0.5, 0.6) is 0 Å². The first-order chi connectivity index (χ1) is 11.1. The van der Waals surface area contributed by atoms with Gasteiger partial charge in [-0.05, 0) is 48.9 Å². The number of hydrogen-bond donors (Lipinski definition) is 1. The van der Waals surface area contributed by atoms with Gasteiger partial charge >= 0.3 is 0 Å². The second-order valence-electron chi connectivity index (χ2n) is 6.27. The number of oxazole rings is 1. The van der Waals surface area contributed by atoms with E-state index in [-0.39, 0.29) is 11.7 Å². The van der Waals surface area contributed by atoms with Crippen molar-refractivity contribution < 1.29 is 13.6 Å². The number of benzene rings is 1.